The van der Waals surface area contributed by atoms with E-state index in [1.165, 1.54) is 12.1 Å². The number of hydrogen-bond acceptors (Lipinski definition) is 4. The Kier molecular flexibility index (Phi) is 5.63. The Morgan fingerprint density at radius 2 is 1.71 bits per heavy atom. The lowest BCUT2D eigenvalue weighted by atomic mass is 9.76. The van der Waals surface area contributed by atoms with Crippen LogP contribution >= 0.6 is 11.6 Å². The van der Waals surface area contributed by atoms with E-state index in [1.54, 1.807) is 0 Å². The first-order chi connectivity index (χ1) is 16.5. The molecule has 0 unspecified atom stereocenters. The van der Waals surface area contributed by atoms with Gasteiger partial charge in [0.25, 0.3) is 0 Å². The van der Waals surface area contributed by atoms with Gasteiger partial charge in [-0.2, -0.15) is 13.2 Å². The number of nitrogens with zero attached hydrogens (tertiary/aromatic N) is 2. The van der Waals surface area contributed by atoms with Crippen LogP contribution in [0.1, 0.15) is 43.4 Å². The molecule has 0 aromatic heterocycles. The SMILES string of the molecule is CC1(C)CCN(c2ccc(C3=NOC(=O)C3)c(Cl)c2)c2ccc(-c3ccc(C(F)(F)F)cc3)cc21. The van der Waals surface area contributed by atoms with Crippen molar-refractivity contribution in [2.75, 3.05) is 11.4 Å². The van der Waals surface area contributed by atoms with Crippen LogP contribution in [0.15, 0.2) is 65.8 Å². The highest BCUT2D eigenvalue weighted by Crippen LogP contribution is 2.45. The van der Waals surface area contributed by atoms with Gasteiger partial charge in [-0.3, -0.25) is 0 Å². The van der Waals surface area contributed by atoms with E-state index in [1.807, 2.05) is 30.3 Å². The van der Waals surface area contributed by atoms with Crippen molar-refractivity contribution in [3.05, 3.63) is 82.4 Å². The molecule has 0 aliphatic carbocycles. The molecule has 2 aliphatic rings. The predicted molar refractivity (Wildman–Crippen MR) is 130 cm³/mol. The molecule has 3 aromatic rings. The average molecular weight is 499 g/mol. The summed E-state index contributed by atoms with van der Waals surface area (Å²) in [7, 11) is 0. The van der Waals surface area contributed by atoms with Gasteiger partial charge in [-0.15, -0.1) is 0 Å². The fourth-order valence-electron chi connectivity index (χ4n) is 4.62. The number of hydrogen-bond donors (Lipinski definition) is 0. The molecule has 0 radical (unpaired) electrons. The molecule has 0 atom stereocenters. The molecule has 2 aliphatic heterocycles. The smallest absolute Gasteiger partial charge is 0.341 e. The average Bonchev–Trinajstić information content (AvgIpc) is 3.24. The lowest BCUT2D eigenvalue weighted by molar-refractivity contribution is -0.140. The molecule has 35 heavy (non-hydrogen) atoms. The topological polar surface area (TPSA) is 41.9 Å². The van der Waals surface area contributed by atoms with Gasteiger partial charge in [-0.05, 0) is 71.0 Å². The molecule has 0 bridgehead atoms. The first kappa shape index (κ1) is 23.4. The van der Waals surface area contributed by atoms with E-state index in [-0.39, 0.29) is 11.8 Å². The maximum Gasteiger partial charge on any atom is 0.416 e. The van der Waals surface area contributed by atoms with E-state index < -0.39 is 17.7 Å². The number of oxime groups is 1. The lowest BCUT2D eigenvalue weighted by Gasteiger charge is -2.40. The van der Waals surface area contributed by atoms with Crippen molar-refractivity contribution in [2.45, 2.75) is 38.3 Å². The van der Waals surface area contributed by atoms with Gasteiger partial charge < -0.3 is 9.74 Å². The molecular formula is C27H22ClF3N2O2. The summed E-state index contributed by atoms with van der Waals surface area (Å²) in [4.78, 5) is 18.3. The summed E-state index contributed by atoms with van der Waals surface area (Å²) in [6.07, 6.45) is -3.39. The van der Waals surface area contributed by atoms with Gasteiger partial charge in [0.05, 0.1) is 17.0 Å². The predicted octanol–water partition coefficient (Wildman–Crippen LogP) is 7.50. The van der Waals surface area contributed by atoms with Crippen molar-refractivity contribution in [1.29, 1.82) is 0 Å². The molecule has 0 fully saturated rings. The summed E-state index contributed by atoms with van der Waals surface area (Å²) in [6, 6.07) is 16.9. The van der Waals surface area contributed by atoms with Crippen molar-refractivity contribution < 1.29 is 22.8 Å². The Morgan fingerprint density at radius 1 is 1.00 bits per heavy atom. The second kappa shape index (κ2) is 8.41. The zero-order chi connectivity index (χ0) is 25.0. The summed E-state index contributed by atoms with van der Waals surface area (Å²) in [6.45, 7) is 5.12. The van der Waals surface area contributed by atoms with E-state index >= 15 is 0 Å². The Labute approximate surface area is 206 Å². The Bertz CT molecular complexity index is 1350. The van der Waals surface area contributed by atoms with Crippen LogP contribution in [0.25, 0.3) is 11.1 Å². The summed E-state index contributed by atoms with van der Waals surface area (Å²) >= 11 is 6.56. The van der Waals surface area contributed by atoms with E-state index in [0.29, 0.717) is 16.3 Å². The monoisotopic (exact) mass is 498 g/mol. The molecule has 3 aromatic carbocycles. The Balaban J connectivity index is 1.50. The normalized spacial score (nSPS) is 17.1. The van der Waals surface area contributed by atoms with E-state index in [2.05, 4.69) is 34.8 Å². The first-order valence-corrected chi connectivity index (χ1v) is 11.6. The summed E-state index contributed by atoms with van der Waals surface area (Å²) in [5.41, 5.74) is 5.03. The Morgan fingerprint density at radius 3 is 2.34 bits per heavy atom. The molecule has 0 N–H and O–H groups in total. The number of rotatable bonds is 3. The first-order valence-electron chi connectivity index (χ1n) is 11.2. The van der Waals surface area contributed by atoms with E-state index in [4.69, 9.17) is 11.6 Å². The number of carbonyl (C=O) groups excluding carboxylic acids is 1. The van der Waals surface area contributed by atoms with Crippen LogP contribution in [0.2, 0.25) is 5.02 Å². The van der Waals surface area contributed by atoms with Gasteiger partial charge in [0.2, 0.25) is 0 Å². The van der Waals surface area contributed by atoms with Gasteiger partial charge in [-0.25, -0.2) is 4.79 Å². The molecule has 0 spiro atoms. The number of anilines is 2. The summed E-state index contributed by atoms with van der Waals surface area (Å²) in [5, 5.41) is 4.29. The summed E-state index contributed by atoms with van der Waals surface area (Å²) in [5.74, 6) is -0.406. The van der Waals surface area contributed by atoms with Crippen LogP contribution in [0.4, 0.5) is 24.5 Å². The molecule has 0 saturated heterocycles. The molecule has 5 rings (SSSR count). The van der Waals surface area contributed by atoms with Gasteiger partial charge in [-0.1, -0.05) is 48.8 Å². The highest BCUT2D eigenvalue weighted by molar-refractivity contribution is 6.35. The third kappa shape index (κ3) is 4.41. The molecule has 0 amide bonds. The van der Waals surface area contributed by atoms with Crippen LogP contribution in [0.3, 0.4) is 0 Å². The third-order valence-electron chi connectivity index (χ3n) is 6.67. The third-order valence-corrected chi connectivity index (χ3v) is 6.98. The number of benzene rings is 3. The van der Waals surface area contributed by atoms with Crippen LogP contribution in [0, 0.1) is 0 Å². The van der Waals surface area contributed by atoms with Gasteiger partial charge in [0, 0.05) is 23.5 Å². The van der Waals surface area contributed by atoms with Crippen molar-refractivity contribution in [2.24, 2.45) is 5.16 Å². The molecule has 4 nitrogen and oxygen atoms in total. The number of halogens is 4. The highest BCUT2D eigenvalue weighted by Gasteiger charge is 2.33. The van der Waals surface area contributed by atoms with Crippen LogP contribution in [0.5, 0.6) is 0 Å². The lowest BCUT2D eigenvalue weighted by Crippen LogP contribution is -2.34. The standard InChI is InChI=1S/C27H22ClF3N2O2/c1-26(2)11-12-33(19-8-9-20(22(28)14-19)23-15-25(34)35-32-23)24-10-5-17(13-21(24)26)16-3-6-18(7-4-16)27(29,30)31/h3-10,13-14H,11-12,15H2,1-2H3. The summed E-state index contributed by atoms with van der Waals surface area (Å²) < 4.78 is 38.9. The fourth-order valence-corrected chi connectivity index (χ4v) is 4.90. The van der Waals surface area contributed by atoms with Gasteiger partial charge in [0.15, 0.2) is 0 Å². The Hall–Kier alpha value is -3.32. The van der Waals surface area contributed by atoms with Crippen molar-refractivity contribution in [3.8, 4) is 11.1 Å². The molecule has 8 heteroatoms. The molecule has 180 valence electrons. The number of carbonyl (C=O) groups is 1. The van der Waals surface area contributed by atoms with E-state index in [0.717, 1.165) is 53.2 Å². The zero-order valence-electron chi connectivity index (χ0n) is 19.1. The highest BCUT2D eigenvalue weighted by atomic mass is 35.5. The minimum absolute atomic E-state index is 0.0898. The maximum absolute atomic E-state index is 13.0. The minimum Gasteiger partial charge on any atom is -0.341 e. The zero-order valence-corrected chi connectivity index (χ0v) is 19.9. The van der Waals surface area contributed by atoms with Gasteiger partial charge in [0.1, 0.15) is 5.71 Å². The number of fused-ring (bicyclic) bond motifs is 1. The van der Waals surface area contributed by atoms with Crippen molar-refractivity contribution >= 4 is 34.7 Å². The molecular weight excluding hydrogens is 477 g/mol. The quantitative estimate of drug-likeness (QED) is 0.351. The largest absolute Gasteiger partial charge is 0.416 e. The van der Waals surface area contributed by atoms with Crippen molar-refractivity contribution in [1.82, 2.24) is 0 Å². The maximum atomic E-state index is 13.0. The fraction of sp³-hybridized carbons (Fsp3) is 0.259. The van der Waals surface area contributed by atoms with E-state index in [9.17, 15) is 18.0 Å². The minimum atomic E-state index is -4.36. The second-order valence-corrected chi connectivity index (χ2v) is 9.84. The number of alkyl halides is 3. The molecule has 2 heterocycles. The van der Waals surface area contributed by atoms with Gasteiger partial charge >= 0.3 is 12.1 Å². The van der Waals surface area contributed by atoms with Crippen molar-refractivity contribution in [3.63, 3.8) is 0 Å². The molecule has 0 saturated carbocycles. The van der Waals surface area contributed by atoms with Crippen LogP contribution < -0.4 is 4.90 Å². The van der Waals surface area contributed by atoms with Crippen LogP contribution in [-0.4, -0.2) is 18.2 Å². The second-order valence-electron chi connectivity index (χ2n) is 9.43. The van der Waals surface area contributed by atoms with Crippen LogP contribution in [-0.2, 0) is 21.2 Å².